The maximum atomic E-state index is 12.3. The SMILES string of the molecule is CC1CC=C(C(=O)c2c(Br)cnn2C)CC1. The van der Waals surface area contributed by atoms with E-state index in [1.54, 1.807) is 17.9 Å². The van der Waals surface area contributed by atoms with Gasteiger partial charge in [-0.05, 0) is 46.7 Å². The summed E-state index contributed by atoms with van der Waals surface area (Å²) >= 11 is 3.36. The maximum absolute atomic E-state index is 12.3. The Morgan fingerprint density at radius 3 is 2.88 bits per heavy atom. The van der Waals surface area contributed by atoms with Crippen LogP contribution >= 0.6 is 15.9 Å². The molecule has 4 heteroatoms. The fraction of sp³-hybridized carbons (Fsp3) is 0.500. The van der Waals surface area contributed by atoms with Crippen LogP contribution in [0.5, 0.6) is 0 Å². The number of allylic oxidation sites excluding steroid dienone is 2. The summed E-state index contributed by atoms with van der Waals surface area (Å²) in [7, 11) is 1.80. The van der Waals surface area contributed by atoms with E-state index in [0.717, 1.165) is 29.3 Å². The van der Waals surface area contributed by atoms with Gasteiger partial charge in [0.05, 0.1) is 10.7 Å². The number of halogens is 1. The van der Waals surface area contributed by atoms with Crippen molar-refractivity contribution < 1.29 is 4.79 Å². The van der Waals surface area contributed by atoms with Gasteiger partial charge >= 0.3 is 0 Å². The molecule has 2 rings (SSSR count). The number of rotatable bonds is 2. The van der Waals surface area contributed by atoms with E-state index in [1.165, 1.54) is 0 Å². The molecular weight excluding hydrogens is 268 g/mol. The minimum Gasteiger partial charge on any atom is -0.287 e. The number of ketones is 1. The molecule has 0 bridgehead atoms. The Kier molecular flexibility index (Phi) is 3.28. The number of carbonyl (C=O) groups excluding carboxylic acids is 1. The Labute approximate surface area is 104 Å². The molecule has 86 valence electrons. The number of Topliss-reactive ketones (excluding diaryl/α,β-unsaturated/α-hetero) is 1. The van der Waals surface area contributed by atoms with Gasteiger partial charge in [0, 0.05) is 7.05 Å². The number of hydrogen-bond acceptors (Lipinski definition) is 2. The molecule has 1 aromatic rings. The van der Waals surface area contributed by atoms with Gasteiger partial charge in [-0.2, -0.15) is 5.10 Å². The second kappa shape index (κ2) is 4.53. The minimum absolute atomic E-state index is 0.110. The molecule has 1 atom stereocenters. The number of hydrogen-bond donors (Lipinski definition) is 0. The van der Waals surface area contributed by atoms with Crippen molar-refractivity contribution >= 4 is 21.7 Å². The van der Waals surface area contributed by atoms with Crippen LogP contribution in [-0.2, 0) is 7.05 Å². The molecule has 1 unspecified atom stereocenters. The molecule has 0 saturated heterocycles. The van der Waals surface area contributed by atoms with Crippen molar-refractivity contribution in [3.63, 3.8) is 0 Å². The molecule has 1 aliphatic rings. The second-order valence-electron chi connectivity index (χ2n) is 4.40. The highest BCUT2D eigenvalue weighted by Crippen LogP contribution is 2.27. The van der Waals surface area contributed by atoms with Gasteiger partial charge in [-0.3, -0.25) is 9.48 Å². The molecule has 0 saturated carbocycles. The third-order valence-corrected chi connectivity index (χ3v) is 3.65. The molecule has 0 spiro atoms. The van der Waals surface area contributed by atoms with E-state index >= 15 is 0 Å². The highest BCUT2D eigenvalue weighted by Gasteiger charge is 2.21. The van der Waals surface area contributed by atoms with Gasteiger partial charge in [-0.1, -0.05) is 13.0 Å². The minimum atomic E-state index is 0.110. The van der Waals surface area contributed by atoms with Crippen molar-refractivity contribution in [2.24, 2.45) is 13.0 Å². The zero-order chi connectivity index (χ0) is 11.7. The first kappa shape index (κ1) is 11.6. The lowest BCUT2D eigenvalue weighted by atomic mass is 9.88. The zero-order valence-corrected chi connectivity index (χ0v) is 11.1. The van der Waals surface area contributed by atoms with Crippen LogP contribution < -0.4 is 0 Å². The van der Waals surface area contributed by atoms with Crippen LogP contribution in [0, 0.1) is 5.92 Å². The third kappa shape index (κ3) is 2.12. The average Bonchev–Trinajstić information content (AvgIpc) is 2.59. The predicted octanol–water partition coefficient (Wildman–Crippen LogP) is 3.11. The van der Waals surface area contributed by atoms with Crippen molar-refractivity contribution in [2.75, 3.05) is 0 Å². The summed E-state index contributed by atoms with van der Waals surface area (Å²) in [5.41, 5.74) is 1.59. The summed E-state index contributed by atoms with van der Waals surface area (Å²) in [5.74, 6) is 0.810. The molecule has 1 aliphatic carbocycles. The molecule has 0 aliphatic heterocycles. The number of aromatic nitrogens is 2. The van der Waals surface area contributed by atoms with Gasteiger partial charge in [-0.15, -0.1) is 0 Å². The molecule has 0 fully saturated rings. The number of aryl methyl sites for hydroxylation is 1. The van der Waals surface area contributed by atoms with Crippen LogP contribution in [-0.4, -0.2) is 15.6 Å². The molecule has 0 aromatic carbocycles. The zero-order valence-electron chi connectivity index (χ0n) is 9.53. The van der Waals surface area contributed by atoms with Crippen molar-refractivity contribution in [3.05, 3.63) is 28.0 Å². The van der Waals surface area contributed by atoms with Crippen LogP contribution in [0.4, 0.5) is 0 Å². The van der Waals surface area contributed by atoms with Crippen LogP contribution in [0.25, 0.3) is 0 Å². The van der Waals surface area contributed by atoms with Crippen molar-refractivity contribution in [1.29, 1.82) is 0 Å². The fourth-order valence-corrected chi connectivity index (χ4v) is 2.52. The Morgan fingerprint density at radius 2 is 2.38 bits per heavy atom. The summed E-state index contributed by atoms with van der Waals surface area (Å²) < 4.78 is 2.41. The first-order valence-electron chi connectivity index (χ1n) is 5.51. The van der Waals surface area contributed by atoms with Gasteiger partial charge in [-0.25, -0.2) is 0 Å². The van der Waals surface area contributed by atoms with E-state index in [1.807, 2.05) is 0 Å². The Morgan fingerprint density at radius 1 is 1.62 bits per heavy atom. The monoisotopic (exact) mass is 282 g/mol. The predicted molar refractivity (Wildman–Crippen MR) is 66.3 cm³/mol. The van der Waals surface area contributed by atoms with E-state index < -0.39 is 0 Å². The second-order valence-corrected chi connectivity index (χ2v) is 5.26. The molecule has 16 heavy (non-hydrogen) atoms. The quantitative estimate of drug-likeness (QED) is 0.782. The first-order valence-corrected chi connectivity index (χ1v) is 6.30. The van der Waals surface area contributed by atoms with Crippen LogP contribution in [0.15, 0.2) is 22.3 Å². The van der Waals surface area contributed by atoms with Crippen LogP contribution in [0.1, 0.15) is 36.7 Å². The normalized spacial score (nSPS) is 20.7. The van der Waals surface area contributed by atoms with E-state index in [0.29, 0.717) is 11.6 Å². The van der Waals surface area contributed by atoms with Crippen LogP contribution in [0.3, 0.4) is 0 Å². The van der Waals surface area contributed by atoms with Crippen molar-refractivity contribution in [2.45, 2.75) is 26.2 Å². The van der Waals surface area contributed by atoms with Crippen molar-refractivity contribution in [1.82, 2.24) is 9.78 Å². The molecule has 0 amide bonds. The Bertz CT molecular complexity index is 428. The standard InChI is InChI=1S/C12H15BrN2O/c1-8-3-5-9(6-4-8)12(16)11-10(13)7-14-15(11)2/h5,7-8H,3-4,6H2,1-2H3. The molecule has 0 radical (unpaired) electrons. The average molecular weight is 283 g/mol. The summed E-state index contributed by atoms with van der Waals surface area (Å²) in [6, 6.07) is 0. The van der Waals surface area contributed by atoms with Crippen molar-refractivity contribution in [3.8, 4) is 0 Å². The topological polar surface area (TPSA) is 34.9 Å². The van der Waals surface area contributed by atoms with E-state index in [2.05, 4.69) is 34.0 Å². The van der Waals surface area contributed by atoms with E-state index in [4.69, 9.17) is 0 Å². The highest BCUT2D eigenvalue weighted by molar-refractivity contribution is 9.10. The smallest absolute Gasteiger partial charge is 0.207 e. The molecule has 1 heterocycles. The third-order valence-electron chi connectivity index (χ3n) is 3.07. The summed E-state index contributed by atoms with van der Waals surface area (Å²) in [6.45, 7) is 2.22. The maximum Gasteiger partial charge on any atom is 0.207 e. The molecular formula is C12H15BrN2O. The lowest BCUT2D eigenvalue weighted by molar-refractivity contribution is 0.101. The highest BCUT2D eigenvalue weighted by atomic mass is 79.9. The largest absolute Gasteiger partial charge is 0.287 e. The lowest BCUT2D eigenvalue weighted by Gasteiger charge is -2.17. The first-order chi connectivity index (χ1) is 7.59. The van der Waals surface area contributed by atoms with Gasteiger partial charge in [0.2, 0.25) is 5.78 Å². The fourth-order valence-electron chi connectivity index (χ4n) is 1.99. The number of nitrogens with zero attached hydrogens (tertiary/aromatic N) is 2. The summed E-state index contributed by atoms with van der Waals surface area (Å²) in [4.78, 5) is 12.3. The molecule has 0 N–H and O–H groups in total. The van der Waals surface area contributed by atoms with E-state index in [9.17, 15) is 4.79 Å². The van der Waals surface area contributed by atoms with Gasteiger partial charge < -0.3 is 0 Å². The number of carbonyl (C=O) groups is 1. The molecule has 1 aromatic heterocycles. The molecule has 3 nitrogen and oxygen atoms in total. The van der Waals surface area contributed by atoms with Crippen LogP contribution in [0.2, 0.25) is 0 Å². The summed E-state index contributed by atoms with van der Waals surface area (Å²) in [6.07, 6.45) is 6.75. The lowest BCUT2D eigenvalue weighted by Crippen LogP contribution is -2.14. The van der Waals surface area contributed by atoms with Gasteiger partial charge in [0.1, 0.15) is 5.69 Å². The van der Waals surface area contributed by atoms with Gasteiger partial charge in [0.25, 0.3) is 0 Å². The Hall–Kier alpha value is -0.900. The summed E-state index contributed by atoms with van der Waals surface area (Å²) in [5, 5.41) is 4.07. The van der Waals surface area contributed by atoms with E-state index in [-0.39, 0.29) is 5.78 Å². The van der Waals surface area contributed by atoms with Gasteiger partial charge in [0.15, 0.2) is 0 Å². The Balaban J connectivity index is 2.26.